The number of imidazole rings is 1. The van der Waals surface area contributed by atoms with Crippen LogP contribution in [-0.4, -0.2) is 35.8 Å². The van der Waals surface area contributed by atoms with Crippen LogP contribution in [0.1, 0.15) is 23.1 Å². The van der Waals surface area contributed by atoms with Crippen molar-refractivity contribution in [2.24, 2.45) is 5.10 Å². The van der Waals surface area contributed by atoms with Gasteiger partial charge in [-0.15, -0.1) is 0 Å². The summed E-state index contributed by atoms with van der Waals surface area (Å²) in [6, 6.07) is 12.6. The van der Waals surface area contributed by atoms with E-state index in [2.05, 4.69) is 20.5 Å². The minimum absolute atomic E-state index is 0.351. The second-order valence-corrected chi connectivity index (χ2v) is 5.31. The molecule has 1 aromatic heterocycles. The number of para-hydroxylation sites is 2. The first-order chi connectivity index (χ1) is 12.1. The third kappa shape index (κ3) is 3.45. The predicted octanol–water partition coefficient (Wildman–Crippen LogP) is 2.73. The third-order valence-electron chi connectivity index (χ3n) is 3.70. The van der Waals surface area contributed by atoms with E-state index in [-0.39, 0.29) is 5.91 Å². The fourth-order valence-corrected chi connectivity index (χ4v) is 2.35. The monoisotopic (exact) mass is 338 g/mol. The number of nitrogens with zero attached hydrogens (tertiary/aromatic N) is 2. The first-order valence-electron chi connectivity index (χ1n) is 7.64. The van der Waals surface area contributed by atoms with Crippen LogP contribution < -0.4 is 14.9 Å². The molecule has 2 aromatic carbocycles. The summed E-state index contributed by atoms with van der Waals surface area (Å²) in [7, 11) is 3.06. The standard InChI is InChI=1S/C18H18N4O3/c1-11(17-19-13-6-4-5-7-14(13)20-17)21-22-18(23)12-8-9-15(24-2)16(10-12)25-3/h4-10H,1-3H3,(H,19,20)(H,22,23)/b21-11+. The van der Waals surface area contributed by atoms with Crippen molar-refractivity contribution in [1.82, 2.24) is 15.4 Å². The molecule has 2 N–H and O–H groups in total. The van der Waals surface area contributed by atoms with Crippen molar-refractivity contribution in [3.63, 3.8) is 0 Å². The smallest absolute Gasteiger partial charge is 0.271 e. The van der Waals surface area contributed by atoms with Gasteiger partial charge in [0.05, 0.1) is 25.3 Å². The van der Waals surface area contributed by atoms with E-state index in [1.165, 1.54) is 7.11 Å². The number of aromatic nitrogens is 2. The van der Waals surface area contributed by atoms with E-state index in [4.69, 9.17) is 9.47 Å². The van der Waals surface area contributed by atoms with Crippen molar-refractivity contribution in [3.8, 4) is 11.5 Å². The maximum Gasteiger partial charge on any atom is 0.271 e. The molecule has 3 aromatic rings. The van der Waals surface area contributed by atoms with Crippen LogP contribution in [0.3, 0.4) is 0 Å². The molecule has 0 radical (unpaired) electrons. The van der Waals surface area contributed by atoms with E-state index in [1.807, 2.05) is 24.3 Å². The fraction of sp³-hybridized carbons (Fsp3) is 0.167. The first-order valence-corrected chi connectivity index (χ1v) is 7.64. The van der Waals surface area contributed by atoms with Gasteiger partial charge in [0.25, 0.3) is 5.91 Å². The highest BCUT2D eigenvalue weighted by atomic mass is 16.5. The highest BCUT2D eigenvalue weighted by Gasteiger charge is 2.11. The molecule has 0 spiro atoms. The number of aromatic amines is 1. The molecule has 0 aliphatic carbocycles. The molecule has 0 bridgehead atoms. The molecule has 0 saturated heterocycles. The summed E-state index contributed by atoms with van der Waals surface area (Å²) < 4.78 is 10.4. The number of fused-ring (bicyclic) bond motifs is 1. The molecule has 0 unspecified atom stereocenters. The summed E-state index contributed by atoms with van der Waals surface area (Å²) in [6.07, 6.45) is 0. The average molecular weight is 338 g/mol. The molecular formula is C18H18N4O3. The SMILES string of the molecule is COc1ccc(C(=O)N/N=C(\C)c2nc3ccccc3[nH]2)cc1OC. The lowest BCUT2D eigenvalue weighted by molar-refractivity contribution is 0.0954. The van der Waals surface area contributed by atoms with Gasteiger partial charge in [-0.2, -0.15) is 5.10 Å². The molecule has 1 amide bonds. The number of rotatable bonds is 5. The van der Waals surface area contributed by atoms with E-state index in [9.17, 15) is 4.79 Å². The number of hydrogen-bond donors (Lipinski definition) is 2. The zero-order valence-corrected chi connectivity index (χ0v) is 14.2. The van der Waals surface area contributed by atoms with Gasteiger partial charge in [-0.1, -0.05) is 12.1 Å². The molecule has 7 nitrogen and oxygen atoms in total. The Bertz CT molecular complexity index is 913. The van der Waals surface area contributed by atoms with Crippen molar-refractivity contribution in [2.75, 3.05) is 14.2 Å². The maximum atomic E-state index is 12.3. The number of H-pyrrole nitrogens is 1. The first kappa shape index (κ1) is 16.5. The number of carbonyl (C=O) groups is 1. The molecule has 0 aliphatic heterocycles. The summed E-state index contributed by atoms with van der Waals surface area (Å²) >= 11 is 0. The minimum Gasteiger partial charge on any atom is -0.493 e. The van der Waals surface area contributed by atoms with Crippen molar-refractivity contribution in [1.29, 1.82) is 0 Å². The normalized spacial score (nSPS) is 11.4. The largest absolute Gasteiger partial charge is 0.493 e. The summed E-state index contributed by atoms with van der Waals surface area (Å²) in [5.41, 5.74) is 5.27. The zero-order chi connectivity index (χ0) is 17.8. The number of ether oxygens (including phenoxy) is 2. The Morgan fingerprint density at radius 2 is 1.88 bits per heavy atom. The molecular weight excluding hydrogens is 320 g/mol. The van der Waals surface area contributed by atoms with Crippen LogP contribution in [0.15, 0.2) is 47.6 Å². The van der Waals surface area contributed by atoms with Gasteiger partial charge in [0.2, 0.25) is 0 Å². The lowest BCUT2D eigenvalue weighted by Gasteiger charge is -2.08. The van der Waals surface area contributed by atoms with Crippen LogP contribution in [0.2, 0.25) is 0 Å². The molecule has 7 heteroatoms. The Morgan fingerprint density at radius 3 is 2.60 bits per heavy atom. The molecule has 1 heterocycles. The predicted molar refractivity (Wildman–Crippen MR) is 95.3 cm³/mol. The molecule has 128 valence electrons. The quantitative estimate of drug-likeness (QED) is 0.553. The van der Waals surface area contributed by atoms with Crippen molar-refractivity contribution < 1.29 is 14.3 Å². The summed E-state index contributed by atoms with van der Waals surface area (Å²) in [5.74, 6) is 1.29. The Kier molecular flexibility index (Phi) is 4.65. The number of carbonyl (C=O) groups excluding carboxylic acids is 1. The summed E-state index contributed by atoms with van der Waals surface area (Å²) in [5, 5.41) is 4.12. The van der Waals surface area contributed by atoms with Gasteiger partial charge in [-0.05, 0) is 37.3 Å². The number of methoxy groups -OCH3 is 2. The Labute approximate surface area is 144 Å². The van der Waals surface area contributed by atoms with Gasteiger partial charge in [-0.25, -0.2) is 10.4 Å². The Balaban J connectivity index is 1.77. The van der Waals surface area contributed by atoms with Gasteiger partial charge in [0, 0.05) is 5.56 Å². The fourth-order valence-electron chi connectivity index (χ4n) is 2.35. The van der Waals surface area contributed by atoms with Gasteiger partial charge in [0.15, 0.2) is 17.3 Å². The van der Waals surface area contributed by atoms with Crippen LogP contribution in [0.25, 0.3) is 11.0 Å². The van der Waals surface area contributed by atoms with Crippen molar-refractivity contribution >= 4 is 22.7 Å². The molecule has 0 fully saturated rings. The van der Waals surface area contributed by atoms with E-state index < -0.39 is 0 Å². The highest BCUT2D eigenvalue weighted by molar-refractivity contribution is 6.00. The van der Waals surface area contributed by atoms with Gasteiger partial charge >= 0.3 is 0 Å². The van der Waals surface area contributed by atoms with E-state index in [0.29, 0.717) is 28.6 Å². The van der Waals surface area contributed by atoms with E-state index >= 15 is 0 Å². The lowest BCUT2D eigenvalue weighted by Crippen LogP contribution is -2.19. The van der Waals surface area contributed by atoms with Crippen LogP contribution in [-0.2, 0) is 0 Å². The second-order valence-electron chi connectivity index (χ2n) is 5.31. The molecule has 25 heavy (non-hydrogen) atoms. The lowest BCUT2D eigenvalue weighted by atomic mass is 10.2. The second kappa shape index (κ2) is 7.04. The number of hydrogen-bond acceptors (Lipinski definition) is 5. The van der Waals surface area contributed by atoms with Crippen LogP contribution in [0.4, 0.5) is 0 Å². The van der Waals surface area contributed by atoms with Crippen LogP contribution >= 0.6 is 0 Å². The van der Waals surface area contributed by atoms with Crippen LogP contribution in [0, 0.1) is 0 Å². The number of hydrazone groups is 1. The molecule has 0 saturated carbocycles. The van der Waals surface area contributed by atoms with Gasteiger partial charge in [-0.3, -0.25) is 4.79 Å². The van der Waals surface area contributed by atoms with Crippen molar-refractivity contribution in [2.45, 2.75) is 6.92 Å². The third-order valence-corrected chi connectivity index (χ3v) is 3.70. The molecule has 3 rings (SSSR count). The van der Waals surface area contributed by atoms with E-state index in [0.717, 1.165) is 11.0 Å². The maximum absolute atomic E-state index is 12.3. The average Bonchev–Trinajstić information content (AvgIpc) is 3.09. The van der Waals surface area contributed by atoms with Gasteiger partial charge < -0.3 is 14.5 Å². The topological polar surface area (TPSA) is 88.6 Å². The number of amides is 1. The van der Waals surface area contributed by atoms with Crippen LogP contribution in [0.5, 0.6) is 11.5 Å². The minimum atomic E-state index is -0.351. The molecule has 0 aliphatic rings. The van der Waals surface area contributed by atoms with E-state index in [1.54, 1.807) is 32.2 Å². The molecule has 0 atom stereocenters. The Morgan fingerprint density at radius 1 is 1.12 bits per heavy atom. The van der Waals surface area contributed by atoms with Crippen molar-refractivity contribution in [3.05, 3.63) is 53.9 Å². The zero-order valence-electron chi connectivity index (χ0n) is 14.2. The number of benzene rings is 2. The summed E-state index contributed by atoms with van der Waals surface area (Å²) in [4.78, 5) is 19.9. The van der Waals surface area contributed by atoms with Gasteiger partial charge in [0.1, 0.15) is 5.71 Å². The number of nitrogens with one attached hydrogen (secondary N) is 2. The Hall–Kier alpha value is -3.35. The highest BCUT2D eigenvalue weighted by Crippen LogP contribution is 2.27. The summed E-state index contributed by atoms with van der Waals surface area (Å²) in [6.45, 7) is 1.77.